The van der Waals surface area contributed by atoms with Crippen molar-refractivity contribution in [3.05, 3.63) is 93.3 Å². The van der Waals surface area contributed by atoms with Gasteiger partial charge in [-0.05, 0) is 54.6 Å². The third-order valence-electron chi connectivity index (χ3n) is 4.52. The Hall–Kier alpha value is -3.69. The molecular weight excluding hydrogens is 464 g/mol. The summed E-state index contributed by atoms with van der Waals surface area (Å²) in [7, 11) is 1.69. The molecule has 0 atom stereocenters. The fraction of sp³-hybridized carbons (Fsp3) is 0.130. The molecule has 33 heavy (non-hydrogen) atoms. The normalized spacial score (nSPS) is 10.6. The van der Waals surface area contributed by atoms with Crippen LogP contribution in [0.5, 0.6) is 5.75 Å². The van der Waals surface area contributed by atoms with E-state index in [4.69, 9.17) is 20.8 Å². The van der Waals surface area contributed by atoms with Crippen molar-refractivity contribution in [2.45, 2.75) is 13.2 Å². The maximum Gasteiger partial charge on any atom is 0.286 e. The second kappa shape index (κ2) is 10.3. The van der Waals surface area contributed by atoms with Crippen LogP contribution in [0, 0.1) is 0 Å². The van der Waals surface area contributed by atoms with Crippen LogP contribution in [0.1, 0.15) is 30.9 Å². The van der Waals surface area contributed by atoms with Gasteiger partial charge in [0.25, 0.3) is 11.8 Å². The molecule has 4 rings (SSSR count). The zero-order valence-corrected chi connectivity index (χ0v) is 19.1. The van der Waals surface area contributed by atoms with Crippen LogP contribution in [0.15, 0.2) is 71.3 Å². The largest absolute Gasteiger partial charge is 0.486 e. The van der Waals surface area contributed by atoms with Crippen LogP contribution in [0.3, 0.4) is 0 Å². The monoisotopic (exact) mass is 482 g/mol. The highest BCUT2D eigenvalue weighted by molar-refractivity contribution is 7.13. The predicted octanol–water partition coefficient (Wildman–Crippen LogP) is 4.89. The Balaban J connectivity index is 1.35. The molecule has 0 radical (unpaired) electrons. The van der Waals surface area contributed by atoms with Crippen LogP contribution in [0.25, 0.3) is 0 Å². The van der Waals surface area contributed by atoms with Gasteiger partial charge >= 0.3 is 0 Å². The summed E-state index contributed by atoms with van der Waals surface area (Å²) in [6.45, 7) is 0.520. The first-order valence-corrected chi connectivity index (χ1v) is 11.1. The van der Waals surface area contributed by atoms with E-state index in [1.807, 2.05) is 0 Å². The van der Waals surface area contributed by atoms with E-state index in [1.54, 1.807) is 74.0 Å². The average Bonchev–Trinajstić information content (AvgIpc) is 3.51. The number of hydrogen-bond acceptors (Lipinski definition) is 7. The first-order chi connectivity index (χ1) is 16.0. The minimum Gasteiger partial charge on any atom is -0.486 e. The third-order valence-corrected chi connectivity index (χ3v) is 5.67. The number of rotatable bonds is 8. The molecule has 8 nitrogen and oxygen atoms in total. The fourth-order valence-corrected chi connectivity index (χ4v) is 3.70. The van der Waals surface area contributed by atoms with E-state index in [2.05, 4.69) is 15.5 Å². The van der Waals surface area contributed by atoms with Crippen molar-refractivity contribution in [1.29, 1.82) is 0 Å². The summed E-state index contributed by atoms with van der Waals surface area (Å²) in [5.74, 6) is 0.709. The Morgan fingerprint density at radius 1 is 1.12 bits per heavy atom. The lowest BCUT2D eigenvalue weighted by Crippen LogP contribution is -2.26. The van der Waals surface area contributed by atoms with Crippen LogP contribution in [-0.4, -0.2) is 34.0 Å². The van der Waals surface area contributed by atoms with E-state index in [0.29, 0.717) is 39.3 Å². The Morgan fingerprint density at radius 3 is 2.70 bits per heavy atom. The smallest absolute Gasteiger partial charge is 0.286 e. The summed E-state index contributed by atoms with van der Waals surface area (Å²) in [5, 5.41) is 12.1. The molecule has 0 aliphatic rings. The lowest BCUT2D eigenvalue weighted by Gasteiger charge is -2.16. The molecule has 0 fully saturated rings. The van der Waals surface area contributed by atoms with E-state index in [0.717, 1.165) is 11.3 Å². The minimum absolute atomic E-state index is 0.179. The predicted molar refractivity (Wildman–Crippen MR) is 125 cm³/mol. The molecule has 2 amide bonds. The molecule has 0 aliphatic heterocycles. The number of ether oxygens (including phenoxy) is 1. The molecule has 0 unspecified atom stereocenters. The van der Waals surface area contributed by atoms with Gasteiger partial charge in [0.15, 0.2) is 5.01 Å². The van der Waals surface area contributed by atoms with E-state index in [-0.39, 0.29) is 17.5 Å². The lowest BCUT2D eigenvalue weighted by molar-refractivity contribution is 0.0775. The number of nitrogens with one attached hydrogen (secondary N) is 1. The van der Waals surface area contributed by atoms with Gasteiger partial charge in [0.05, 0.1) is 12.8 Å². The first-order valence-electron chi connectivity index (χ1n) is 9.88. The number of aromatic nitrogens is 2. The summed E-state index contributed by atoms with van der Waals surface area (Å²) in [6, 6.07) is 17.2. The zero-order chi connectivity index (χ0) is 23.2. The number of nitrogens with zero attached hydrogens (tertiary/aromatic N) is 3. The van der Waals surface area contributed by atoms with Crippen molar-refractivity contribution in [3.8, 4) is 5.75 Å². The Kier molecular flexibility index (Phi) is 7.01. The van der Waals surface area contributed by atoms with Crippen molar-refractivity contribution in [1.82, 2.24) is 15.1 Å². The maximum absolute atomic E-state index is 12.7. The van der Waals surface area contributed by atoms with Gasteiger partial charge in [-0.15, -0.1) is 10.2 Å². The number of benzene rings is 2. The number of anilines is 1. The summed E-state index contributed by atoms with van der Waals surface area (Å²) in [4.78, 5) is 26.9. The topological polar surface area (TPSA) is 97.6 Å². The standard InChI is InChI=1S/C23H19ClN4O4S/c1-28(13-19-6-3-11-31-19)23(30)15-4-2-5-17(12-15)25-21(29)22-27-26-20(33-22)14-32-18-9-7-16(24)8-10-18/h2-12H,13-14H2,1H3,(H,25,29). The van der Waals surface area contributed by atoms with Gasteiger partial charge in [-0.25, -0.2) is 0 Å². The van der Waals surface area contributed by atoms with Crippen molar-refractivity contribution in [2.24, 2.45) is 0 Å². The van der Waals surface area contributed by atoms with Crippen molar-refractivity contribution >= 4 is 40.4 Å². The van der Waals surface area contributed by atoms with Gasteiger partial charge in [-0.3, -0.25) is 9.59 Å². The number of furan rings is 1. The quantitative estimate of drug-likeness (QED) is 0.384. The summed E-state index contributed by atoms with van der Waals surface area (Å²) in [5.41, 5.74) is 0.919. The molecule has 4 aromatic rings. The molecule has 0 saturated carbocycles. The van der Waals surface area contributed by atoms with Gasteiger partial charge in [-0.1, -0.05) is 29.0 Å². The average molecular weight is 483 g/mol. The Labute approximate surface area is 198 Å². The fourth-order valence-electron chi connectivity index (χ4n) is 2.92. The van der Waals surface area contributed by atoms with Crippen LogP contribution in [-0.2, 0) is 13.2 Å². The third kappa shape index (κ3) is 5.97. The minimum atomic E-state index is -0.418. The lowest BCUT2D eigenvalue weighted by atomic mass is 10.1. The van der Waals surface area contributed by atoms with Crippen LogP contribution < -0.4 is 10.1 Å². The Bertz CT molecular complexity index is 1240. The summed E-state index contributed by atoms with van der Waals surface area (Å²) >= 11 is 6.99. The highest BCUT2D eigenvalue weighted by Crippen LogP contribution is 2.20. The number of halogens is 1. The molecule has 0 saturated heterocycles. The molecular formula is C23H19ClN4O4S. The van der Waals surface area contributed by atoms with Gasteiger partial charge in [0.1, 0.15) is 18.1 Å². The molecule has 0 aliphatic carbocycles. The van der Waals surface area contributed by atoms with E-state index < -0.39 is 5.91 Å². The number of amides is 2. The molecule has 168 valence electrons. The van der Waals surface area contributed by atoms with Crippen molar-refractivity contribution < 1.29 is 18.7 Å². The van der Waals surface area contributed by atoms with Crippen LogP contribution in [0.4, 0.5) is 5.69 Å². The number of carbonyl (C=O) groups is 2. The highest BCUT2D eigenvalue weighted by atomic mass is 35.5. The molecule has 2 aromatic heterocycles. The highest BCUT2D eigenvalue weighted by Gasteiger charge is 2.16. The molecule has 0 bridgehead atoms. The summed E-state index contributed by atoms with van der Waals surface area (Å²) < 4.78 is 10.9. The number of carbonyl (C=O) groups excluding carboxylic acids is 2. The van der Waals surface area contributed by atoms with Crippen molar-refractivity contribution in [3.63, 3.8) is 0 Å². The van der Waals surface area contributed by atoms with Gasteiger partial charge in [0, 0.05) is 23.3 Å². The Morgan fingerprint density at radius 2 is 1.94 bits per heavy atom. The van der Waals surface area contributed by atoms with E-state index in [1.165, 1.54) is 4.90 Å². The van der Waals surface area contributed by atoms with Gasteiger partial charge < -0.3 is 19.4 Å². The molecule has 10 heteroatoms. The second-order valence-electron chi connectivity index (χ2n) is 7.02. The summed E-state index contributed by atoms with van der Waals surface area (Å²) in [6.07, 6.45) is 1.56. The molecule has 0 spiro atoms. The SMILES string of the molecule is CN(Cc1ccco1)C(=O)c1cccc(NC(=O)c2nnc(COc3ccc(Cl)cc3)s2)c1. The maximum atomic E-state index is 12.7. The van der Waals surface area contributed by atoms with E-state index in [9.17, 15) is 9.59 Å². The second-order valence-corrected chi connectivity index (χ2v) is 8.52. The molecule has 1 N–H and O–H groups in total. The zero-order valence-electron chi connectivity index (χ0n) is 17.5. The van der Waals surface area contributed by atoms with Gasteiger partial charge in [0.2, 0.25) is 5.01 Å². The number of hydrogen-bond donors (Lipinski definition) is 1. The molecule has 2 heterocycles. The molecule has 2 aromatic carbocycles. The van der Waals surface area contributed by atoms with Crippen LogP contribution >= 0.6 is 22.9 Å². The van der Waals surface area contributed by atoms with Gasteiger partial charge in [-0.2, -0.15) is 0 Å². The van der Waals surface area contributed by atoms with Crippen LogP contribution in [0.2, 0.25) is 5.02 Å². The van der Waals surface area contributed by atoms with Crippen molar-refractivity contribution in [2.75, 3.05) is 12.4 Å². The van der Waals surface area contributed by atoms with E-state index >= 15 is 0 Å². The first kappa shape index (κ1) is 22.5.